The summed E-state index contributed by atoms with van der Waals surface area (Å²) in [5.41, 5.74) is 0.277. The first-order valence-corrected chi connectivity index (χ1v) is 5.62. The molecule has 0 aliphatic heterocycles. The Morgan fingerprint density at radius 2 is 2.21 bits per heavy atom. The summed E-state index contributed by atoms with van der Waals surface area (Å²) in [6.45, 7) is 0. The van der Waals surface area contributed by atoms with Crippen LogP contribution in [0.15, 0.2) is 29.2 Å². The van der Waals surface area contributed by atoms with Crippen LogP contribution in [0.2, 0.25) is 0 Å². The van der Waals surface area contributed by atoms with Crippen LogP contribution < -0.4 is 5.56 Å². The number of halogens is 1. The number of rotatable bonds is 3. The SMILES string of the molecule is COC(=O)CCc1ncc(=O)nc2ccc(F)cc12. The zero-order chi connectivity index (χ0) is 13.8. The summed E-state index contributed by atoms with van der Waals surface area (Å²) in [7, 11) is 1.29. The van der Waals surface area contributed by atoms with E-state index in [1.54, 1.807) is 0 Å². The molecular weight excluding hydrogens is 251 g/mol. The van der Waals surface area contributed by atoms with Gasteiger partial charge >= 0.3 is 5.97 Å². The fraction of sp³-hybridized carbons (Fsp3) is 0.231. The van der Waals surface area contributed by atoms with Crippen molar-refractivity contribution in [2.45, 2.75) is 12.8 Å². The Morgan fingerprint density at radius 1 is 1.42 bits per heavy atom. The summed E-state index contributed by atoms with van der Waals surface area (Å²) in [5.74, 6) is -0.845. The van der Waals surface area contributed by atoms with Crippen LogP contribution in [-0.4, -0.2) is 23.0 Å². The number of carbonyl (C=O) groups excluding carboxylic acids is 1. The third-order valence-corrected chi connectivity index (χ3v) is 2.62. The lowest BCUT2D eigenvalue weighted by atomic mass is 10.1. The molecule has 1 aromatic carbocycles. The van der Waals surface area contributed by atoms with E-state index in [9.17, 15) is 14.0 Å². The van der Waals surface area contributed by atoms with E-state index in [1.165, 1.54) is 25.3 Å². The maximum absolute atomic E-state index is 13.3. The van der Waals surface area contributed by atoms with Gasteiger partial charge in [-0.2, -0.15) is 0 Å². The largest absolute Gasteiger partial charge is 0.469 e. The van der Waals surface area contributed by atoms with Gasteiger partial charge in [-0.3, -0.25) is 14.6 Å². The molecule has 5 nitrogen and oxygen atoms in total. The number of aromatic nitrogens is 2. The quantitative estimate of drug-likeness (QED) is 0.778. The van der Waals surface area contributed by atoms with Crippen molar-refractivity contribution >= 4 is 16.9 Å². The molecule has 0 amide bonds. The Hall–Kier alpha value is -2.37. The highest BCUT2D eigenvalue weighted by Gasteiger charge is 2.08. The van der Waals surface area contributed by atoms with Crippen LogP contribution in [0.5, 0.6) is 0 Å². The molecule has 2 rings (SSSR count). The highest BCUT2D eigenvalue weighted by atomic mass is 19.1. The Labute approximate surface area is 108 Å². The first-order valence-electron chi connectivity index (χ1n) is 5.62. The molecule has 0 spiro atoms. The summed E-state index contributed by atoms with van der Waals surface area (Å²) in [4.78, 5) is 30.2. The van der Waals surface area contributed by atoms with E-state index < -0.39 is 17.3 Å². The Balaban J connectivity index is 2.53. The molecule has 19 heavy (non-hydrogen) atoms. The predicted molar refractivity (Wildman–Crippen MR) is 66.1 cm³/mol. The zero-order valence-electron chi connectivity index (χ0n) is 10.2. The van der Waals surface area contributed by atoms with Gasteiger partial charge in [-0.15, -0.1) is 0 Å². The Kier molecular flexibility index (Phi) is 3.79. The van der Waals surface area contributed by atoms with Crippen LogP contribution in [0, 0.1) is 5.82 Å². The molecule has 1 aromatic heterocycles. The van der Waals surface area contributed by atoms with Gasteiger partial charge < -0.3 is 4.74 Å². The lowest BCUT2D eigenvalue weighted by molar-refractivity contribution is -0.140. The third-order valence-electron chi connectivity index (χ3n) is 2.62. The summed E-state index contributed by atoms with van der Waals surface area (Å²) in [5, 5.41) is 0.422. The lowest BCUT2D eigenvalue weighted by Crippen LogP contribution is -2.03. The van der Waals surface area contributed by atoms with Crippen LogP contribution in [0.1, 0.15) is 12.1 Å². The molecule has 1 heterocycles. The topological polar surface area (TPSA) is 69.2 Å². The number of fused-ring (bicyclic) bond motifs is 1. The van der Waals surface area contributed by atoms with Crippen LogP contribution in [0.25, 0.3) is 10.9 Å². The first-order chi connectivity index (χ1) is 9.10. The Morgan fingerprint density at radius 3 is 2.95 bits per heavy atom. The van der Waals surface area contributed by atoms with Gasteiger partial charge in [0.1, 0.15) is 5.82 Å². The van der Waals surface area contributed by atoms with Gasteiger partial charge in [0.25, 0.3) is 5.56 Å². The van der Waals surface area contributed by atoms with E-state index in [-0.39, 0.29) is 12.8 Å². The first kappa shape index (κ1) is 13.1. The highest BCUT2D eigenvalue weighted by Crippen LogP contribution is 2.16. The molecule has 6 heteroatoms. The summed E-state index contributed by atoms with van der Waals surface area (Å²) < 4.78 is 17.8. The minimum atomic E-state index is -0.513. The fourth-order valence-electron chi connectivity index (χ4n) is 1.71. The van der Waals surface area contributed by atoms with Crippen molar-refractivity contribution in [2.24, 2.45) is 0 Å². The average Bonchev–Trinajstić information content (AvgIpc) is 2.55. The van der Waals surface area contributed by atoms with Gasteiger partial charge in [0.05, 0.1) is 30.9 Å². The number of hydrogen-bond acceptors (Lipinski definition) is 5. The van der Waals surface area contributed by atoms with Crippen molar-refractivity contribution < 1.29 is 13.9 Å². The number of methoxy groups -OCH3 is 1. The molecular formula is C13H11FN2O3. The normalized spacial score (nSPS) is 10.4. The molecule has 0 N–H and O–H groups in total. The molecule has 0 fully saturated rings. The Bertz CT molecular complexity index is 688. The van der Waals surface area contributed by atoms with Crippen molar-refractivity contribution in [3.05, 3.63) is 46.3 Å². The maximum Gasteiger partial charge on any atom is 0.305 e. The molecule has 0 saturated heterocycles. The minimum Gasteiger partial charge on any atom is -0.469 e. The fourth-order valence-corrected chi connectivity index (χ4v) is 1.71. The van der Waals surface area contributed by atoms with E-state index >= 15 is 0 Å². The zero-order valence-corrected chi connectivity index (χ0v) is 10.2. The number of carbonyl (C=O) groups is 1. The molecule has 0 aliphatic carbocycles. The molecule has 0 aliphatic rings. The molecule has 0 radical (unpaired) electrons. The average molecular weight is 262 g/mol. The van der Waals surface area contributed by atoms with Crippen LogP contribution in [0.4, 0.5) is 4.39 Å². The van der Waals surface area contributed by atoms with Crippen molar-refractivity contribution in [2.75, 3.05) is 7.11 Å². The number of aryl methyl sites for hydroxylation is 1. The van der Waals surface area contributed by atoms with Gasteiger partial charge in [0.2, 0.25) is 0 Å². The van der Waals surface area contributed by atoms with E-state index in [0.29, 0.717) is 16.6 Å². The standard InChI is InChI=1S/C13H11FN2O3/c1-19-13(18)5-4-10-9-6-8(14)2-3-11(9)16-12(17)7-15-10/h2-3,6-7H,4-5H2,1H3. The summed E-state index contributed by atoms with van der Waals surface area (Å²) >= 11 is 0. The van der Waals surface area contributed by atoms with Gasteiger partial charge in [0.15, 0.2) is 0 Å². The minimum absolute atomic E-state index is 0.104. The predicted octanol–water partition coefficient (Wildman–Crippen LogP) is 1.23. The number of ether oxygens (including phenoxy) is 1. The molecule has 98 valence electrons. The van der Waals surface area contributed by atoms with Gasteiger partial charge in [-0.25, -0.2) is 9.37 Å². The van der Waals surface area contributed by atoms with E-state index in [1.807, 2.05) is 0 Å². The summed E-state index contributed by atoms with van der Waals surface area (Å²) in [6.07, 6.45) is 1.42. The van der Waals surface area contributed by atoms with Gasteiger partial charge in [-0.1, -0.05) is 0 Å². The van der Waals surface area contributed by atoms with E-state index in [2.05, 4.69) is 14.7 Å². The van der Waals surface area contributed by atoms with Crippen molar-refractivity contribution in [3.63, 3.8) is 0 Å². The number of nitrogens with zero attached hydrogens (tertiary/aromatic N) is 2. The third kappa shape index (κ3) is 3.09. The number of benzene rings is 1. The molecule has 0 atom stereocenters. The molecule has 2 aromatic rings. The monoisotopic (exact) mass is 262 g/mol. The van der Waals surface area contributed by atoms with Crippen molar-refractivity contribution in [1.29, 1.82) is 0 Å². The number of esters is 1. The molecule has 0 saturated carbocycles. The second kappa shape index (κ2) is 5.51. The second-order valence-electron chi connectivity index (χ2n) is 3.89. The van der Waals surface area contributed by atoms with Crippen LogP contribution >= 0.6 is 0 Å². The van der Waals surface area contributed by atoms with Crippen molar-refractivity contribution in [3.8, 4) is 0 Å². The molecule has 0 bridgehead atoms. The highest BCUT2D eigenvalue weighted by molar-refractivity contribution is 5.81. The number of hydrogen-bond donors (Lipinski definition) is 0. The van der Waals surface area contributed by atoms with Gasteiger partial charge in [-0.05, 0) is 18.2 Å². The molecule has 0 unspecified atom stereocenters. The van der Waals surface area contributed by atoms with Crippen molar-refractivity contribution in [1.82, 2.24) is 9.97 Å². The van der Waals surface area contributed by atoms with Crippen LogP contribution in [0.3, 0.4) is 0 Å². The van der Waals surface area contributed by atoms with Gasteiger partial charge in [0, 0.05) is 11.8 Å². The maximum atomic E-state index is 13.3. The second-order valence-corrected chi connectivity index (χ2v) is 3.89. The van der Waals surface area contributed by atoms with Crippen LogP contribution in [-0.2, 0) is 16.0 Å². The smallest absolute Gasteiger partial charge is 0.305 e. The van der Waals surface area contributed by atoms with E-state index in [4.69, 9.17) is 0 Å². The lowest BCUT2D eigenvalue weighted by Gasteiger charge is -2.01. The van der Waals surface area contributed by atoms with E-state index in [0.717, 1.165) is 6.20 Å². The summed E-state index contributed by atoms with van der Waals surface area (Å²) in [6, 6.07) is 3.88.